The van der Waals surface area contributed by atoms with E-state index in [1.807, 2.05) is 0 Å². The fourth-order valence-corrected chi connectivity index (χ4v) is 3.28. The zero-order valence-electron chi connectivity index (χ0n) is 15.0. The van der Waals surface area contributed by atoms with Crippen LogP contribution in [0, 0.1) is 11.6 Å². The van der Waals surface area contributed by atoms with E-state index < -0.39 is 23.1 Å². The number of nitrogens with one attached hydrogen (secondary N) is 2. The highest BCUT2D eigenvalue weighted by molar-refractivity contribution is 6.07. The van der Waals surface area contributed by atoms with E-state index in [0.29, 0.717) is 16.9 Å². The van der Waals surface area contributed by atoms with E-state index in [2.05, 4.69) is 25.6 Å². The van der Waals surface area contributed by atoms with Crippen molar-refractivity contribution in [3.05, 3.63) is 66.4 Å². The molecule has 2 aromatic carbocycles. The average Bonchev–Trinajstić information content (AvgIpc) is 3.42. The summed E-state index contributed by atoms with van der Waals surface area (Å²) >= 11 is 0. The van der Waals surface area contributed by atoms with Crippen LogP contribution in [0.1, 0.15) is 10.4 Å². The normalized spacial score (nSPS) is 11.4. The summed E-state index contributed by atoms with van der Waals surface area (Å²) in [6, 6.07) is 6.10. The molecule has 5 rings (SSSR count). The van der Waals surface area contributed by atoms with Gasteiger partial charge in [0.2, 0.25) is 0 Å². The van der Waals surface area contributed by atoms with Gasteiger partial charge in [0.1, 0.15) is 23.5 Å². The summed E-state index contributed by atoms with van der Waals surface area (Å²) in [6.45, 7) is 0. The first-order chi connectivity index (χ1) is 14.0. The van der Waals surface area contributed by atoms with Crippen LogP contribution >= 0.6 is 0 Å². The van der Waals surface area contributed by atoms with Crippen LogP contribution in [-0.2, 0) is 7.05 Å². The van der Waals surface area contributed by atoms with Crippen LogP contribution in [0.3, 0.4) is 0 Å². The van der Waals surface area contributed by atoms with E-state index in [4.69, 9.17) is 0 Å². The molecule has 144 valence electrons. The van der Waals surface area contributed by atoms with Crippen LogP contribution in [0.4, 0.5) is 14.5 Å². The number of hydrogen-bond donors (Lipinski definition) is 2. The summed E-state index contributed by atoms with van der Waals surface area (Å²) in [5.41, 5.74) is 0.713. The summed E-state index contributed by atoms with van der Waals surface area (Å²) in [5.74, 6) is -2.21. The molecule has 0 aliphatic heterocycles. The number of aromatic amines is 1. The summed E-state index contributed by atoms with van der Waals surface area (Å²) in [5, 5.41) is 14.4. The summed E-state index contributed by atoms with van der Waals surface area (Å²) < 4.78 is 32.3. The van der Waals surface area contributed by atoms with Gasteiger partial charge in [0.25, 0.3) is 5.91 Å². The number of amides is 1. The number of fused-ring (bicyclic) bond motifs is 2. The number of rotatable bonds is 3. The van der Waals surface area contributed by atoms with E-state index >= 15 is 0 Å². The van der Waals surface area contributed by atoms with Gasteiger partial charge in [0, 0.05) is 36.6 Å². The highest BCUT2D eigenvalue weighted by Gasteiger charge is 2.22. The van der Waals surface area contributed by atoms with Gasteiger partial charge in [-0.15, -0.1) is 0 Å². The number of anilines is 1. The first-order valence-corrected chi connectivity index (χ1v) is 8.60. The van der Waals surface area contributed by atoms with Crippen molar-refractivity contribution in [1.82, 2.24) is 29.5 Å². The van der Waals surface area contributed by atoms with E-state index in [-0.39, 0.29) is 10.9 Å². The maximum absolute atomic E-state index is 14.8. The Bertz CT molecular complexity index is 1390. The van der Waals surface area contributed by atoms with Crippen LogP contribution < -0.4 is 5.32 Å². The molecule has 0 bridgehead atoms. The SMILES string of the molecule is Cn1ncc2c(F)c(C(=O)Nc3ccc4[nH]nc(-n5ccnc5)c4c3)c(F)cc21. The van der Waals surface area contributed by atoms with Gasteiger partial charge in [-0.2, -0.15) is 10.2 Å². The van der Waals surface area contributed by atoms with Crippen molar-refractivity contribution in [2.75, 3.05) is 5.32 Å². The van der Waals surface area contributed by atoms with Crippen molar-refractivity contribution in [3.63, 3.8) is 0 Å². The molecule has 0 radical (unpaired) electrons. The minimum Gasteiger partial charge on any atom is -0.322 e. The van der Waals surface area contributed by atoms with Gasteiger partial charge in [-0.1, -0.05) is 0 Å². The second-order valence-corrected chi connectivity index (χ2v) is 6.48. The Balaban J connectivity index is 1.53. The molecule has 8 nitrogen and oxygen atoms in total. The zero-order chi connectivity index (χ0) is 20.1. The lowest BCUT2D eigenvalue weighted by atomic mass is 10.1. The highest BCUT2D eigenvalue weighted by Crippen LogP contribution is 2.26. The third-order valence-electron chi connectivity index (χ3n) is 4.72. The van der Waals surface area contributed by atoms with Crippen LogP contribution in [0.5, 0.6) is 0 Å². The molecular weight excluding hydrogens is 380 g/mol. The molecule has 0 spiro atoms. The number of hydrogen-bond acceptors (Lipinski definition) is 4. The Labute approximate surface area is 161 Å². The number of nitrogens with zero attached hydrogens (tertiary/aromatic N) is 5. The average molecular weight is 393 g/mol. The number of benzene rings is 2. The van der Waals surface area contributed by atoms with Gasteiger partial charge in [0.15, 0.2) is 5.82 Å². The van der Waals surface area contributed by atoms with Crippen molar-refractivity contribution in [1.29, 1.82) is 0 Å². The molecule has 0 unspecified atom stereocenters. The standard InChI is InChI=1S/C19H13F2N7O/c1-27-15-7-13(20)16(17(21)12(15)8-23-27)19(29)24-10-2-3-14-11(6-10)18(26-25-14)28-5-4-22-9-28/h2-9H,1H3,(H,24,29)(H,25,26). The molecule has 0 aliphatic carbocycles. The van der Waals surface area contributed by atoms with Crippen molar-refractivity contribution < 1.29 is 13.6 Å². The Hall–Kier alpha value is -4.08. The number of carbonyl (C=O) groups excluding carboxylic acids is 1. The fourth-order valence-electron chi connectivity index (χ4n) is 3.28. The van der Waals surface area contributed by atoms with Crippen molar-refractivity contribution >= 4 is 33.4 Å². The maximum atomic E-state index is 14.8. The van der Waals surface area contributed by atoms with Gasteiger partial charge in [0.05, 0.1) is 22.6 Å². The zero-order valence-corrected chi connectivity index (χ0v) is 15.0. The van der Waals surface area contributed by atoms with Gasteiger partial charge in [-0.3, -0.25) is 19.1 Å². The maximum Gasteiger partial charge on any atom is 0.261 e. The summed E-state index contributed by atoms with van der Waals surface area (Å²) in [4.78, 5) is 16.6. The third-order valence-corrected chi connectivity index (χ3v) is 4.72. The Morgan fingerprint density at radius 2 is 2.07 bits per heavy atom. The van der Waals surface area contributed by atoms with Crippen LogP contribution in [-0.4, -0.2) is 35.4 Å². The van der Waals surface area contributed by atoms with Gasteiger partial charge in [-0.05, 0) is 18.2 Å². The molecule has 0 saturated heterocycles. The van der Waals surface area contributed by atoms with Gasteiger partial charge < -0.3 is 5.32 Å². The minimum atomic E-state index is -0.959. The largest absolute Gasteiger partial charge is 0.322 e. The quantitative estimate of drug-likeness (QED) is 0.492. The number of aromatic nitrogens is 6. The molecule has 2 N–H and O–H groups in total. The monoisotopic (exact) mass is 393 g/mol. The molecular formula is C19H13F2N7O. The van der Waals surface area contributed by atoms with E-state index in [1.54, 1.807) is 48.5 Å². The lowest BCUT2D eigenvalue weighted by molar-refractivity contribution is 0.101. The Kier molecular flexibility index (Phi) is 3.66. The molecule has 29 heavy (non-hydrogen) atoms. The lowest BCUT2D eigenvalue weighted by Gasteiger charge is -2.09. The Morgan fingerprint density at radius 1 is 1.21 bits per heavy atom. The van der Waals surface area contributed by atoms with Crippen LogP contribution in [0.2, 0.25) is 0 Å². The first kappa shape index (κ1) is 17.0. The molecule has 5 aromatic rings. The van der Waals surface area contributed by atoms with Crippen molar-refractivity contribution in [3.8, 4) is 5.82 Å². The number of aryl methyl sites for hydroxylation is 1. The lowest BCUT2D eigenvalue weighted by Crippen LogP contribution is -2.16. The molecule has 3 heterocycles. The van der Waals surface area contributed by atoms with Crippen molar-refractivity contribution in [2.24, 2.45) is 7.05 Å². The van der Waals surface area contributed by atoms with E-state index in [1.165, 1.54) is 10.9 Å². The molecule has 0 fully saturated rings. The molecule has 0 aliphatic rings. The second-order valence-electron chi connectivity index (χ2n) is 6.48. The second kappa shape index (κ2) is 6.23. The van der Waals surface area contributed by atoms with Crippen LogP contribution in [0.25, 0.3) is 27.6 Å². The molecule has 3 aromatic heterocycles. The van der Waals surface area contributed by atoms with Crippen molar-refractivity contribution in [2.45, 2.75) is 0 Å². The first-order valence-electron chi connectivity index (χ1n) is 8.60. The molecule has 10 heteroatoms. The fraction of sp³-hybridized carbons (Fsp3) is 0.0526. The smallest absolute Gasteiger partial charge is 0.261 e. The van der Waals surface area contributed by atoms with E-state index in [9.17, 15) is 13.6 Å². The number of imidazole rings is 1. The van der Waals surface area contributed by atoms with Crippen LogP contribution in [0.15, 0.2) is 49.2 Å². The number of H-pyrrole nitrogens is 1. The summed E-state index contributed by atoms with van der Waals surface area (Å²) in [6.07, 6.45) is 6.20. The number of halogens is 2. The highest BCUT2D eigenvalue weighted by atomic mass is 19.1. The number of carbonyl (C=O) groups is 1. The Morgan fingerprint density at radius 3 is 2.86 bits per heavy atom. The molecule has 0 saturated carbocycles. The molecule has 0 atom stereocenters. The predicted molar refractivity (Wildman–Crippen MR) is 102 cm³/mol. The van der Waals surface area contributed by atoms with Gasteiger partial charge in [-0.25, -0.2) is 13.8 Å². The third kappa shape index (κ3) is 2.64. The van der Waals surface area contributed by atoms with Gasteiger partial charge >= 0.3 is 0 Å². The topological polar surface area (TPSA) is 93.4 Å². The predicted octanol–water partition coefficient (Wildman–Crippen LogP) is 3.17. The van der Waals surface area contributed by atoms with E-state index in [0.717, 1.165) is 11.6 Å². The summed E-state index contributed by atoms with van der Waals surface area (Å²) in [7, 11) is 1.57. The molecule has 1 amide bonds. The minimum absolute atomic E-state index is 0.0757.